The third kappa shape index (κ3) is 5.81. The molecule has 1 aliphatic rings. The first kappa shape index (κ1) is 22.7. The van der Waals surface area contributed by atoms with Gasteiger partial charge in [0.15, 0.2) is 5.76 Å². The number of benzene rings is 1. The van der Waals surface area contributed by atoms with Crippen molar-refractivity contribution in [3.05, 3.63) is 53.5 Å². The topological polar surface area (TPSA) is 83.8 Å². The molecule has 2 aromatic rings. The second kappa shape index (κ2) is 10.4. The van der Waals surface area contributed by atoms with E-state index in [2.05, 4.69) is 54.5 Å². The fraction of sp³-hybridized carbons (Fsp3) is 0.500. The highest BCUT2D eigenvalue weighted by Crippen LogP contribution is 2.33. The van der Waals surface area contributed by atoms with Crippen LogP contribution in [0.25, 0.3) is 0 Å². The number of hydrogen-bond donors (Lipinski definition) is 2. The van der Waals surface area contributed by atoms with Crippen molar-refractivity contribution in [1.82, 2.24) is 10.6 Å². The summed E-state index contributed by atoms with van der Waals surface area (Å²) >= 11 is 0. The number of ether oxygens (including phenoxy) is 1. The molecule has 2 atom stereocenters. The van der Waals surface area contributed by atoms with Gasteiger partial charge in [0.25, 0.3) is 5.91 Å². The van der Waals surface area contributed by atoms with Crippen LogP contribution in [-0.4, -0.2) is 37.2 Å². The predicted octanol–water partition coefficient (Wildman–Crippen LogP) is 4.12. The number of anilines is 1. The molecular weight excluding hydrogens is 394 g/mol. The van der Waals surface area contributed by atoms with Crippen LogP contribution in [-0.2, 0) is 17.7 Å². The Morgan fingerprint density at radius 1 is 1.26 bits per heavy atom. The molecule has 31 heavy (non-hydrogen) atoms. The Kier molecular flexibility index (Phi) is 7.60. The van der Waals surface area contributed by atoms with Crippen LogP contribution < -0.4 is 15.5 Å². The monoisotopic (exact) mass is 427 g/mol. The minimum absolute atomic E-state index is 0.216. The summed E-state index contributed by atoms with van der Waals surface area (Å²) in [5.41, 5.74) is 3.38. The standard InChI is InChI=1S/C24H33N3O4/c1-5-30-24(29)26-20(12-16(2)3)14-25-23(28)22-19(10-11-31-22)15-27-17(4)13-18-8-6-7-9-21(18)27/h6-11,16-17,20H,5,12-15H2,1-4H3,(H,25,28)(H,26,29). The van der Waals surface area contributed by atoms with E-state index in [1.54, 1.807) is 13.2 Å². The molecule has 2 heterocycles. The number of amides is 2. The van der Waals surface area contributed by atoms with E-state index in [0.717, 1.165) is 18.4 Å². The molecule has 2 unspecified atom stereocenters. The molecule has 0 fully saturated rings. The summed E-state index contributed by atoms with van der Waals surface area (Å²) < 4.78 is 10.5. The molecule has 1 aromatic heterocycles. The molecule has 1 aliphatic heterocycles. The highest BCUT2D eigenvalue weighted by molar-refractivity contribution is 5.93. The lowest BCUT2D eigenvalue weighted by atomic mass is 10.0. The second-order valence-corrected chi connectivity index (χ2v) is 8.49. The van der Waals surface area contributed by atoms with Crippen molar-refractivity contribution in [1.29, 1.82) is 0 Å². The highest BCUT2D eigenvalue weighted by atomic mass is 16.5. The van der Waals surface area contributed by atoms with Crippen LogP contribution in [0.1, 0.15) is 55.8 Å². The molecule has 0 saturated carbocycles. The van der Waals surface area contributed by atoms with Crippen LogP contribution >= 0.6 is 0 Å². The molecule has 7 heteroatoms. The normalized spacial score (nSPS) is 16.2. The number of carbonyl (C=O) groups excluding carboxylic acids is 2. The van der Waals surface area contributed by atoms with Crippen molar-refractivity contribution in [3.63, 3.8) is 0 Å². The summed E-state index contributed by atoms with van der Waals surface area (Å²) in [6, 6.07) is 10.4. The van der Waals surface area contributed by atoms with Gasteiger partial charge in [-0.3, -0.25) is 4.79 Å². The Morgan fingerprint density at radius 3 is 2.77 bits per heavy atom. The third-order valence-corrected chi connectivity index (χ3v) is 5.50. The largest absolute Gasteiger partial charge is 0.459 e. The van der Waals surface area contributed by atoms with E-state index < -0.39 is 6.09 Å². The lowest BCUT2D eigenvalue weighted by molar-refractivity contribution is 0.0915. The molecule has 0 aliphatic carbocycles. The van der Waals surface area contributed by atoms with Crippen molar-refractivity contribution in [3.8, 4) is 0 Å². The maximum Gasteiger partial charge on any atom is 0.407 e. The first-order valence-corrected chi connectivity index (χ1v) is 11.0. The van der Waals surface area contributed by atoms with Crippen LogP contribution in [0.2, 0.25) is 0 Å². The number of furan rings is 1. The number of alkyl carbamates (subject to hydrolysis) is 1. The molecular formula is C24H33N3O4. The fourth-order valence-electron chi connectivity index (χ4n) is 4.11. The van der Waals surface area contributed by atoms with Crippen LogP contribution in [0, 0.1) is 5.92 Å². The van der Waals surface area contributed by atoms with Gasteiger partial charge in [0, 0.05) is 36.4 Å². The van der Waals surface area contributed by atoms with Gasteiger partial charge >= 0.3 is 6.09 Å². The minimum atomic E-state index is -0.470. The summed E-state index contributed by atoms with van der Waals surface area (Å²) in [7, 11) is 0. The summed E-state index contributed by atoms with van der Waals surface area (Å²) in [5, 5.41) is 5.74. The zero-order chi connectivity index (χ0) is 22.4. The first-order chi connectivity index (χ1) is 14.9. The lowest BCUT2D eigenvalue weighted by Crippen LogP contribution is -2.44. The van der Waals surface area contributed by atoms with Crippen LogP contribution in [0.3, 0.4) is 0 Å². The number of nitrogens with one attached hydrogen (secondary N) is 2. The van der Waals surface area contributed by atoms with Crippen molar-refractivity contribution in [2.75, 3.05) is 18.1 Å². The van der Waals surface area contributed by atoms with Crippen LogP contribution in [0.5, 0.6) is 0 Å². The SMILES string of the molecule is CCOC(=O)NC(CNC(=O)c1occc1CN1c2ccccc2CC1C)CC(C)C. The zero-order valence-corrected chi connectivity index (χ0v) is 18.8. The average Bonchev–Trinajstić information content (AvgIpc) is 3.30. The summed E-state index contributed by atoms with van der Waals surface area (Å²) in [6.45, 7) is 9.31. The second-order valence-electron chi connectivity index (χ2n) is 8.49. The van der Waals surface area contributed by atoms with Gasteiger partial charge in [0.1, 0.15) is 0 Å². The van der Waals surface area contributed by atoms with E-state index in [9.17, 15) is 9.59 Å². The van der Waals surface area contributed by atoms with Crippen LogP contribution in [0.4, 0.5) is 10.5 Å². The maximum atomic E-state index is 12.9. The number of nitrogens with zero attached hydrogens (tertiary/aromatic N) is 1. The van der Waals surface area contributed by atoms with E-state index in [0.29, 0.717) is 37.4 Å². The Bertz CT molecular complexity index is 892. The molecule has 168 valence electrons. The van der Waals surface area contributed by atoms with Gasteiger partial charge in [-0.1, -0.05) is 32.0 Å². The molecule has 3 rings (SSSR count). The molecule has 0 bridgehead atoms. The van der Waals surface area contributed by atoms with E-state index in [1.807, 2.05) is 12.1 Å². The number of para-hydroxylation sites is 1. The van der Waals surface area contributed by atoms with Crippen molar-refractivity contribution >= 4 is 17.7 Å². The van der Waals surface area contributed by atoms with Gasteiger partial charge < -0.3 is 24.7 Å². The molecule has 1 aromatic carbocycles. The van der Waals surface area contributed by atoms with Crippen molar-refractivity contribution < 1.29 is 18.7 Å². The average molecular weight is 428 g/mol. The lowest BCUT2D eigenvalue weighted by Gasteiger charge is -2.25. The molecule has 7 nitrogen and oxygen atoms in total. The Labute approximate surface area is 184 Å². The maximum absolute atomic E-state index is 12.9. The van der Waals surface area contributed by atoms with Gasteiger partial charge in [0.05, 0.1) is 12.9 Å². The molecule has 2 amide bonds. The van der Waals surface area contributed by atoms with E-state index >= 15 is 0 Å². The Hall–Kier alpha value is -2.96. The number of hydrogen-bond acceptors (Lipinski definition) is 5. The molecule has 2 N–H and O–H groups in total. The first-order valence-electron chi connectivity index (χ1n) is 11.0. The predicted molar refractivity (Wildman–Crippen MR) is 120 cm³/mol. The van der Waals surface area contributed by atoms with Crippen LogP contribution in [0.15, 0.2) is 41.0 Å². The van der Waals surface area contributed by atoms with Gasteiger partial charge in [-0.05, 0) is 50.3 Å². The zero-order valence-electron chi connectivity index (χ0n) is 18.8. The minimum Gasteiger partial charge on any atom is -0.459 e. The third-order valence-electron chi connectivity index (χ3n) is 5.50. The summed E-state index contributed by atoms with van der Waals surface area (Å²) in [4.78, 5) is 27.0. The van der Waals surface area contributed by atoms with E-state index in [4.69, 9.17) is 9.15 Å². The van der Waals surface area contributed by atoms with E-state index in [-0.39, 0.29) is 11.9 Å². The summed E-state index contributed by atoms with van der Waals surface area (Å²) in [5.74, 6) is 0.398. The smallest absolute Gasteiger partial charge is 0.407 e. The molecule has 0 radical (unpaired) electrons. The van der Waals surface area contributed by atoms with E-state index in [1.165, 1.54) is 11.3 Å². The summed E-state index contributed by atoms with van der Waals surface area (Å²) in [6.07, 6.45) is 2.81. The van der Waals surface area contributed by atoms with Gasteiger partial charge in [-0.2, -0.15) is 0 Å². The van der Waals surface area contributed by atoms with Crippen molar-refractivity contribution in [2.45, 2.75) is 59.2 Å². The van der Waals surface area contributed by atoms with Gasteiger partial charge in [0.2, 0.25) is 0 Å². The fourth-order valence-corrected chi connectivity index (χ4v) is 4.11. The van der Waals surface area contributed by atoms with Gasteiger partial charge in [-0.25, -0.2) is 4.79 Å². The highest BCUT2D eigenvalue weighted by Gasteiger charge is 2.28. The quantitative estimate of drug-likeness (QED) is 0.629. The van der Waals surface area contributed by atoms with Gasteiger partial charge in [-0.15, -0.1) is 0 Å². The number of fused-ring (bicyclic) bond motifs is 1. The molecule has 0 spiro atoms. The van der Waals surface area contributed by atoms with Crippen molar-refractivity contribution in [2.24, 2.45) is 5.92 Å². The number of carbonyl (C=O) groups is 2. The Balaban J connectivity index is 1.64. The molecule has 0 saturated heterocycles. The Morgan fingerprint density at radius 2 is 2.03 bits per heavy atom. The number of rotatable bonds is 9.